The number of nitrogens with zero attached hydrogens (tertiary/aromatic N) is 5. The zero-order valence-corrected chi connectivity index (χ0v) is 18.6. The third-order valence-electron chi connectivity index (χ3n) is 5.12. The van der Waals surface area contributed by atoms with Crippen LogP contribution in [-0.4, -0.2) is 53.7 Å². The van der Waals surface area contributed by atoms with Gasteiger partial charge < -0.3 is 9.47 Å². The standard InChI is InChI=1S/C22H25N5O3S/c1-25(2)31(29,30)18-9-10-20-19(15-18)24-21(26(20)3)11-12-22(28)27(14-13-23)16-17-7-5-4-6-8-17/h4-10,15H,11-12,14,16H2,1-3H3. The molecule has 0 aliphatic carbocycles. The number of aryl methyl sites for hydroxylation is 2. The van der Waals surface area contributed by atoms with Gasteiger partial charge in [-0.15, -0.1) is 0 Å². The van der Waals surface area contributed by atoms with Crippen molar-refractivity contribution in [2.45, 2.75) is 24.3 Å². The molecule has 1 amide bonds. The second kappa shape index (κ2) is 9.29. The number of imidazole rings is 1. The van der Waals surface area contributed by atoms with E-state index in [0.29, 0.717) is 24.3 Å². The van der Waals surface area contributed by atoms with E-state index in [1.807, 2.05) is 41.9 Å². The predicted molar refractivity (Wildman–Crippen MR) is 117 cm³/mol. The van der Waals surface area contributed by atoms with E-state index in [1.165, 1.54) is 19.0 Å². The summed E-state index contributed by atoms with van der Waals surface area (Å²) in [6.07, 6.45) is 0.588. The van der Waals surface area contributed by atoms with Crippen LogP contribution in [0.1, 0.15) is 17.8 Å². The van der Waals surface area contributed by atoms with Crippen LogP contribution in [0.4, 0.5) is 0 Å². The summed E-state index contributed by atoms with van der Waals surface area (Å²) in [5, 5.41) is 9.11. The Bertz CT molecular complexity index is 1230. The fraction of sp³-hybridized carbons (Fsp3) is 0.318. The molecule has 0 radical (unpaired) electrons. The Balaban J connectivity index is 1.77. The maximum atomic E-state index is 12.8. The van der Waals surface area contributed by atoms with E-state index < -0.39 is 10.0 Å². The van der Waals surface area contributed by atoms with E-state index >= 15 is 0 Å². The summed E-state index contributed by atoms with van der Waals surface area (Å²) in [7, 11) is 1.25. The molecule has 8 nitrogen and oxygen atoms in total. The number of benzene rings is 2. The Hall–Kier alpha value is -3.22. The van der Waals surface area contributed by atoms with Gasteiger partial charge in [0.1, 0.15) is 12.4 Å². The summed E-state index contributed by atoms with van der Waals surface area (Å²) >= 11 is 0. The fourth-order valence-corrected chi connectivity index (χ4v) is 4.24. The Morgan fingerprint density at radius 2 is 1.87 bits per heavy atom. The van der Waals surface area contributed by atoms with Crippen LogP contribution in [0.5, 0.6) is 0 Å². The van der Waals surface area contributed by atoms with E-state index in [4.69, 9.17) is 5.26 Å². The highest BCUT2D eigenvalue weighted by Gasteiger charge is 2.20. The van der Waals surface area contributed by atoms with Crippen LogP contribution in [0, 0.1) is 11.3 Å². The zero-order chi connectivity index (χ0) is 22.6. The average molecular weight is 440 g/mol. The highest BCUT2D eigenvalue weighted by atomic mass is 32.2. The van der Waals surface area contributed by atoms with Crippen molar-refractivity contribution in [1.82, 2.24) is 18.8 Å². The summed E-state index contributed by atoms with van der Waals surface area (Å²) in [6, 6.07) is 16.4. The van der Waals surface area contributed by atoms with Gasteiger partial charge in [-0.2, -0.15) is 5.26 Å². The monoisotopic (exact) mass is 439 g/mol. The lowest BCUT2D eigenvalue weighted by Crippen LogP contribution is -2.31. The average Bonchev–Trinajstić information content (AvgIpc) is 3.07. The number of fused-ring (bicyclic) bond motifs is 1. The van der Waals surface area contributed by atoms with Crippen molar-refractivity contribution < 1.29 is 13.2 Å². The van der Waals surface area contributed by atoms with Crippen molar-refractivity contribution in [3.63, 3.8) is 0 Å². The normalized spacial score (nSPS) is 11.6. The Morgan fingerprint density at radius 1 is 1.16 bits per heavy atom. The quantitative estimate of drug-likeness (QED) is 0.502. The van der Waals surface area contributed by atoms with Gasteiger partial charge in [0, 0.05) is 40.5 Å². The SMILES string of the molecule is CN(C)S(=O)(=O)c1ccc2c(c1)nc(CCC(=O)N(CC#N)Cc1ccccc1)n2C. The molecule has 1 aromatic heterocycles. The highest BCUT2D eigenvalue weighted by Crippen LogP contribution is 2.22. The summed E-state index contributed by atoms with van der Waals surface area (Å²) in [5.41, 5.74) is 2.31. The Kier molecular flexibility index (Phi) is 6.73. The fourth-order valence-electron chi connectivity index (χ4n) is 3.32. The van der Waals surface area contributed by atoms with Gasteiger partial charge in [-0.1, -0.05) is 30.3 Å². The highest BCUT2D eigenvalue weighted by molar-refractivity contribution is 7.89. The van der Waals surface area contributed by atoms with Gasteiger partial charge in [0.25, 0.3) is 0 Å². The van der Waals surface area contributed by atoms with Gasteiger partial charge in [0.2, 0.25) is 15.9 Å². The summed E-state index contributed by atoms with van der Waals surface area (Å²) in [4.78, 5) is 19.0. The first-order valence-corrected chi connectivity index (χ1v) is 11.2. The van der Waals surface area contributed by atoms with Crippen molar-refractivity contribution >= 4 is 27.0 Å². The third-order valence-corrected chi connectivity index (χ3v) is 6.93. The molecule has 2 aromatic carbocycles. The zero-order valence-electron chi connectivity index (χ0n) is 17.8. The van der Waals surface area contributed by atoms with Gasteiger partial charge >= 0.3 is 0 Å². The molecule has 1 heterocycles. The molecule has 0 aliphatic heterocycles. The van der Waals surface area contributed by atoms with Crippen LogP contribution in [-0.2, 0) is 34.8 Å². The number of carbonyl (C=O) groups is 1. The lowest BCUT2D eigenvalue weighted by Gasteiger charge is -2.19. The minimum atomic E-state index is -3.55. The summed E-state index contributed by atoms with van der Waals surface area (Å²) in [6.45, 7) is 0.392. The molecular weight excluding hydrogens is 414 g/mol. The number of nitriles is 1. The molecule has 0 saturated carbocycles. The second-order valence-corrected chi connectivity index (χ2v) is 9.57. The van der Waals surface area contributed by atoms with Crippen molar-refractivity contribution in [1.29, 1.82) is 5.26 Å². The van der Waals surface area contributed by atoms with Crippen LogP contribution < -0.4 is 0 Å². The number of hydrogen-bond acceptors (Lipinski definition) is 5. The largest absolute Gasteiger partial charge is 0.331 e. The van der Waals surface area contributed by atoms with E-state index in [0.717, 1.165) is 15.4 Å². The lowest BCUT2D eigenvalue weighted by molar-refractivity contribution is -0.131. The molecular formula is C22H25N5O3S. The molecule has 0 aliphatic rings. The summed E-state index contributed by atoms with van der Waals surface area (Å²) < 4.78 is 27.8. The van der Waals surface area contributed by atoms with Crippen LogP contribution in [0.15, 0.2) is 53.4 Å². The van der Waals surface area contributed by atoms with Crippen molar-refractivity contribution in [2.24, 2.45) is 7.05 Å². The molecule has 3 rings (SSSR count). The van der Waals surface area contributed by atoms with Crippen molar-refractivity contribution in [2.75, 3.05) is 20.6 Å². The number of aromatic nitrogens is 2. The number of amides is 1. The molecule has 0 bridgehead atoms. The van der Waals surface area contributed by atoms with E-state index in [1.54, 1.807) is 18.2 Å². The first kappa shape index (κ1) is 22.5. The van der Waals surface area contributed by atoms with Gasteiger partial charge in [0.05, 0.1) is 22.0 Å². The molecule has 0 N–H and O–H groups in total. The Morgan fingerprint density at radius 3 is 2.52 bits per heavy atom. The Labute approximate surface area is 182 Å². The number of hydrogen-bond donors (Lipinski definition) is 0. The van der Waals surface area contributed by atoms with E-state index in [-0.39, 0.29) is 23.8 Å². The van der Waals surface area contributed by atoms with Crippen LogP contribution in [0.3, 0.4) is 0 Å². The molecule has 3 aromatic rings. The van der Waals surface area contributed by atoms with E-state index in [2.05, 4.69) is 11.1 Å². The minimum Gasteiger partial charge on any atom is -0.331 e. The topological polar surface area (TPSA) is 99.3 Å². The molecule has 0 saturated heterocycles. The van der Waals surface area contributed by atoms with Crippen molar-refractivity contribution in [3.8, 4) is 6.07 Å². The lowest BCUT2D eigenvalue weighted by atomic mass is 10.2. The molecule has 31 heavy (non-hydrogen) atoms. The van der Waals surface area contributed by atoms with Gasteiger partial charge in [-0.05, 0) is 23.8 Å². The molecule has 0 atom stereocenters. The maximum absolute atomic E-state index is 12.8. The van der Waals surface area contributed by atoms with Gasteiger partial charge in [-0.3, -0.25) is 4.79 Å². The first-order valence-electron chi connectivity index (χ1n) is 9.80. The van der Waals surface area contributed by atoms with Crippen LogP contribution in [0.2, 0.25) is 0 Å². The minimum absolute atomic E-state index is 0.0159. The van der Waals surface area contributed by atoms with Gasteiger partial charge in [0.15, 0.2) is 0 Å². The number of carbonyl (C=O) groups excluding carboxylic acids is 1. The first-order chi connectivity index (χ1) is 14.7. The van der Waals surface area contributed by atoms with Crippen molar-refractivity contribution in [3.05, 3.63) is 59.9 Å². The van der Waals surface area contributed by atoms with E-state index in [9.17, 15) is 13.2 Å². The number of sulfonamides is 1. The van der Waals surface area contributed by atoms with Crippen LogP contribution in [0.25, 0.3) is 11.0 Å². The summed E-state index contributed by atoms with van der Waals surface area (Å²) in [5.74, 6) is 0.549. The molecule has 0 spiro atoms. The van der Waals surface area contributed by atoms with Gasteiger partial charge in [-0.25, -0.2) is 17.7 Å². The third kappa shape index (κ3) is 4.93. The molecule has 162 valence electrons. The predicted octanol–water partition coefficient (Wildman–Crippen LogP) is 2.31. The molecule has 9 heteroatoms. The second-order valence-electron chi connectivity index (χ2n) is 7.42. The number of rotatable bonds is 8. The molecule has 0 unspecified atom stereocenters. The maximum Gasteiger partial charge on any atom is 0.242 e. The molecule has 0 fully saturated rings. The smallest absolute Gasteiger partial charge is 0.242 e. The van der Waals surface area contributed by atoms with Crippen LogP contribution >= 0.6 is 0 Å².